The van der Waals surface area contributed by atoms with E-state index >= 15 is 0 Å². The second-order valence-corrected chi connectivity index (χ2v) is 7.80. The molecule has 0 aliphatic carbocycles. The molecule has 3 aromatic rings. The molecule has 1 atom stereocenters. The lowest BCUT2D eigenvalue weighted by Gasteiger charge is -2.33. The number of hydrogen-bond acceptors (Lipinski definition) is 4. The van der Waals surface area contributed by atoms with Crippen molar-refractivity contribution in [1.82, 2.24) is 0 Å². The molecule has 0 saturated carbocycles. The van der Waals surface area contributed by atoms with Crippen LogP contribution in [0.1, 0.15) is 25.0 Å². The van der Waals surface area contributed by atoms with Crippen LogP contribution < -0.4 is 19.7 Å². The summed E-state index contributed by atoms with van der Waals surface area (Å²) in [5.74, 6) is 0.592. The second-order valence-electron chi connectivity index (χ2n) is 7.80. The maximum Gasteiger partial charge on any atom is 0.268 e. The molecule has 4 rings (SSSR count). The highest BCUT2D eigenvalue weighted by Crippen LogP contribution is 2.37. The zero-order valence-electron chi connectivity index (χ0n) is 18.5. The van der Waals surface area contributed by atoms with Crippen molar-refractivity contribution in [3.8, 4) is 11.5 Å². The van der Waals surface area contributed by atoms with Gasteiger partial charge in [0.2, 0.25) is 5.91 Å². The molecule has 0 radical (unpaired) electrons. The fourth-order valence-electron chi connectivity index (χ4n) is 3.68. The summed E-state index contributed by atoms with van der Waals surface area (Å²) in [4.78, 5) is 27.0. The van der Waals surface area contributed by atoms with Crippen LogP contribution >= 0.6 is 0 Å². The van der Waals surface area contributed by atoms with E-state index in [4.69, 9.17) is 9.47 Å². The third kappa shape index (κ3) is 5.31. The van der Waals surface area contributed by atoms with E-state index in [1.807, 2.05) is 31.2 Å². The highest BCUT2D eigenvalue weighted by Gasteiger charge is 2.31. The molecule has 1 aliphatic heterocycles. The first-order chi connectivity index (χ1) is 15.9. The van der Waals surface area contributed by atoms with Gasteiger partial charge in [0.15, 0.2) is 6.10 Å². The molecular weight excluding hydrogens is 423 g/mol. The third-order valence-electron chi connectivity index (χ3n) is 5.30. The lowest BCUT2D eigenvalue weighted by atomic mass is 10.1. The van der Waals surface area contributed by atoms with Crippen molar-refractivity contribution in [3.63, 3.8) is 0 Å². The Balaban J connectivity index is 1.50. The summed E-state index contributed by atoms with van der Waals surface area (Å²) in [5.41, 5.74) is 2.76. The fraction of sp³-hybridized carbons (Fsp3) is 0.231. The molecule has 0 spiro atoms. The maximum absolute atomic E-state index is 13.3. The van der Waals surface area contributed by atoms with Crippen molar-refractivity contribution >= 4 is 23.2 Å². The Kier molecular flexibility index (Phi) is 6.58. The molecule has 0 fully saturated rings. The van der Waals surface area contributed by atoms with Crippen molar-refractivity contribution in [1.29, 1.82) is 0 Å². The molecule has 2 amide bonds. The highest BCUT2D eigenvalue weighted by atomic mass is 19.1. The minimum Gasteiger partial charge on any atom is -0.494 e. The molecule has 0 aromatic heterocycles. The number of hydrogen-bond donors (Lipinski definition) is 1. The Hall–Kier alpha value is -3.87. The Morgan fingerprint density at radius 3 is 2.45 bits per heavy atom. The molecule has 1 aliphatic rings. The lowest BCUT2D eigenvalue weighted by Crippen LogP contribution is -2.44. The van der Waals surface area contributed by atoms with Crippen LogP contribution in [0.4, 0.5) is 15.8 Å². The number of amides is 2. The molecule has 0 saturated heterocycles. The Morgan fingerprint density at radius 1 is 1.06 bits per heavy atom. The molecular formula is C26H25FN2O4. The summed E-state index contributed by atoms with van der Waals surface area (Å²) in [5, 5.41) is 2.88. The molecule has 33 heavy (non-hydrogen) atoms. The van der Waals surface area contributed by atoms with Crippen LogP contribution in [0.5, 0.6) is 11.5 Å². The number of rotatable bonds is 7. The average molecular weight is 448 g/mol. The number of carbonyl (C=O) groups is 2. The van der Waals surface area contributed by atoms with Crippen LogP contribution in [-0.2, 0) is 22.6 Å². The molecule has 1 heterocycles. The minimum atomic E-state index is -0.641. The molecule has 1 N–H and O–H groups in total. The summed E-state index contributed by atoms with van der Waals surface area (Å²) in [6.45, 7) is 4.46. The van der Waals surface area contributed by atoms with Crippen LogP contribution in [-0.4, -0.2) is 24.5 Å². The van der Waals surface area contributed by atoms with Gasteiger partial charge in [-0.05, 0) is 67.4 Å². The molecule has 170 valence electrons. The van der Waals surface area contributed by atoms with Gasteiger partial charge in [-0.25, -0.2) is 4.39 Å². The van der Waals surface area contributed by atoms with Gasteiger partial charge in [-0.2, -0.15) is 0 Å². The molecule has 3 aromatic carbocycles. The monoisotopic (exact) mass is 448 g/mol. The van der Waals surface area contributed by atoms with Gasteiger partial charge in [-0.3, -0.25) is 9.59 Å². The van der Waals surface area contributed by atoms with Gasteiger partial charge in [0.1, 0.15) is 17.3 Å². The fourth-order valence-corrected chi connectivity index (χ4v) is 3.68. The number of anilines is 2. The summed E-state index contributed by atoms with van der Waals surface area (Å²) in [7, 11) is 0. The minimum absolute atomic E-state index is 0.180. The van der Waals surface area contributed by atoms with E-state index < -0.39 is 6.10 Å². The van der Waals surface area contributed by atoms with Crippen molar-refractivity contribution < 1.29 is 23.5 Å². The molecule has 7 heteroatoms. The smallest absolute Gasteiger partial charge is 0.268 e. The quantitative estimate of drug-likeness (QED) is 0.568. The SMILES string of the molecule is CCOc1ccc(CC(=O)Nc2ccc3c(c2)N(Cc2ccc(F)cc2)C(=O)C(C)O3)cc1. The van der Waals surface area contributed by atoms with Crippen molar-refractivity contribution in [3.05, 3.63) is 83.7 Å². The number of carbonyl (C=O) groups excluding carboxylic acids is 2. The zero-order valence-corrected chi connectivity index (χ0v) is 18.5. The summed E-state index contributed by atoms with van der Waals surface area (Å²) >= 11 is 0. The van der Waals surface area contributed by atoms with Gasteiger partial charge in [0.05, 0.1) is 25.3 Å². The van der Waals surface area contributed by atoms with Gasteiger partial charge < -0.3 is 19.7 Å². The highest BCUT2D eigenvalue weighted by molar-refractivity contribution is 6.01. The van der Waals surface area contributed by atoms with Gasteiger partial charge in [0.25, 0.3) is 5.91 Å². The normalized spacial score (nSPS) is 14.9. The van der Waals surface area contributed by atoms with Gasteiger partial charge >= 0.3 is 0 Å². The maximum atomic E-state index is 13.3. The van der Waals surface area contributed by atoms with Crippen molar-refractivity contribution in [2.75, 3.05) is 16.8 Å². The van der Waals surface area contributed by atoms with E-state index in [1.165, 1.54) is 12.1 Å². The lowest BCUT2D eigenvalue weighted by molar-refractivity contribution is -0.125. The number of benzene rings is 3. The number of nitrogens with zero attached hydrogens (tertiary/aromatic N) is 1. The standard InChI is InChI=1S/C26H25FN2O4/c1-3-32-22-11-6-18(7-12-22)14-25(30)28-21-10-13-24-23(15-21)29(26(31)17(2)33-24)16-19-4-8-20(27)9-5-19/h4-13,15,17H,3,14,16H2,1-2H3,(H,28,30). The van der Waals surface area contributed by atoms with E-state index in [9.17, 15) is 14.0 Å². The zero-order chi connectivity index (χ0) is 23.4. The summed E-state index contributed by atoms with van der Waals surface area (Å²) < 4.78 is 24.4. The van der Waals surface area contributed by atoms with Crippen LogP contribution in [0.15, 0.2) is 66.7 Å². The Bertz CT molecular complexity index is 1150. The van der Waals surface area contributed by atoms with E-state index in [1.54, 1.807) is 42.2 Å². The predicted octanol–water partition coefficient (Wildman–Crippen LogP) is 4.72. The van der Waals surface area contributed by atoms with Crippen molar-refractivity contribution in [2.24, 2.45) is 0 Å². The van der Waals surface area contributed by atoms with E-state index in [-0.39, 0.29) is 30.6 Å². The predicted molar refractivity (Wildman–Crippen MR) is 124 cm³/mol. The number of ether oxygens (including phenoxy) is 2. The first-order valence-electron chi connectivity index (χ1n) is 10.8. The van der Waals surface area contributed by atoms with Gasteiger partial charge in [-0.15, -0.1) is 0 Å². The van der Waals surface area contributed by atoms with Crippen LogP contribution in [0, 0.1) is 5.82 Å². The van der Waals surface area contributed by atoms with E-state index in [0.717, 1.165) is 16.9 Å². The largest absolute Gasteiger partial charge is 0.494 e. The van der Waals surface area contributed by atoms with Crippen molar-refractivity contribution in [2.45, 2.75) is 32.9 Å². The first kappa shape index (κ1) is 22.3. The Labute approximate surface area is 191 Å². The number of nitrogens with one attached hydrogen (secondary N) is 1. The summed E-state index contributed by atoms with van der Waals surface area (Å²) in [6.07, 6.45) is -0.437. The third-order valence-corrected chi connectivity index (χ3v) is 5.30. The molecule has 6 nitrogen and oxygen atoms in total. The summed E-state index contributed by atoms with van der Waals surface area (Å²) in [6, 6.07) is 18.6. The first-order valence-corrected chi connectivity index (χ1v) is 10.8. The number of fused-ring (bicyclic) bond motifs is 1. The molecule has 0 bridgehead atoms. The molecule has 1 unspecified atom stereocenters. The van der Waals surface area contributed by atoms with Crippen LogP contribution in [0.25, 0.3) is 0 Å². The van der Waals surface area contributed by atoms with E-state index in [2.05, 4.69) is 5.32 Å². The topological polar surface area (TPSA) is 67.9 Å². The van der Waals surface area contributed by atoms with Gasteiger partial charge in [-0.1, -0.05) is 24.3 Å². The number of halogens is 1. The average Bonchev–Trinajstić information content (AvgIpc) is 2.80. The Morgan fingerprint density at radius 2 is 1.76 bits per heavy atom. The van der Waals surface area contributed by atoms with Crippen LogP contribution in [0.2, 0.25) is 0 Å². The van der Waals surface area contributed by atoms with Crippen LogP contribution in [0.3, 0.4) is 0 Å². The second kappa shape index (κ2) is 9.73. The van der Waals surface area contributed by atoms with E-state index in [0.29, 0.717) is 23.7 Å². The van der Waals surface area contributed by atoms with Gasteiger partial charge in [0, 0.05) is 5.69 Å².